The summed E-state index contributed by atoms with van der Waals surface area (Å²) in [6.45, 7) is 8.16. The van der Waals surface area contributed by atoms with E-state index in [0.29, 0.717) is 12.4 Å². The number of benzene rings is 1. The van der Waals surface area contributed by atoms with Gasteiger partial charge in [-0.2, -0.15) is 0 Å². The Balaban J connectivity index is 1.90. The molecule has 0 saturated carbocycles. The summed E-state index contributed by atoms with van der Waals surface area (Å²) in [5, 5.41) is 0. The van der Waals surface area contributed by atoms with Crippen molar-refractivity contribution >= 4 is 25.7 Å². The van der Waals surface area contributed by atoms with E-state index in [1.54, 1.807) is 0 Å². The number of aromatic nitrogens is 1. The molecule has 0 N–H and O–H groups in total. The smallest absolute Gasteiger partial charge is 0.354 e. The molecule has 0 aliphatic heterocycles. The van der Waals surface area contributed by atoms with Gasteiger partial charge in [0.05, 0.1) is 7.11 Å². The van der Waals surface area contributed by atoms with Gasteiger partial charge in [-0.3, -0.25) is 0 Å². The Hall–Kier alpha value is -2.11. The summed E-state index contributed by atoms with van der Waals surface area (Å²) >= 11 is 0. The fourth-order valence-corrected chi connectivity index (χ4v) is 4.33. The van der Waals surface area contributed by atoms with Gasteiger partial charge in [-0.05, 0) is 48.1 Å². The molecule has 0 spiro atoms. The van der Waals surface area contributed by atoms with Crippen LogP contribution in [0.2, 0.25) is 25.7 Å². The summed E-state index contributed by atoms with van der Waals surface area (Å²) in [5.74, 6) is -0.303. The van der Waals surface area contributed by atoms with Crippen LogP contribution in [0.5, 0.6) is 0 Å². The number of rotatable bonds is 7. The van der Waals surface area contributed by atoms with E-state index in [1.165, 1.54) is 23.9 Å². The molecule has 0 bridgehead atoms. The number of nitrogens with zero attached hydrogens (tertiary/aromatic N) is 1. The molecule has 1 aliphatic rings. The fraction of sp³-hybridized carbons (Fsp3) is 0.435. The van der Waals surface area contributed by atoms with Crippen LogP contribution in [-0.2, 0) is 22.6 Å². The van der Waals surface area contributed by atoms with Crippen LogP contribution in [0.4, 0.5) is 0 Å². The van der Waals surface area contributed by atoms with Crippen molar-refractivity contribution < 1.29 is 14.3 Å². The van der Waals surface area contributed by atoms with Gasteiger partial charge in [0.1, 0.15) is 12.4 Å². The minimum absolute atomic E-state index is 0.303. The van der Waals surface area contributed by atoms with Crippen molar-refractivity contribution in [3.05, 3.63) is 58.9 Å². The molecule has 0 fully saturated rings. The highest BCUT2D eigenvalue weighted by Gasteiger charge is 2.25. The van der Waals surface area contributed by atoms with Gasteiger partial charge >= 0.3 is 5.97 Å². The van der Waals surface area contributed by atoms with Gasteiger partial charge in [-0.15, -0.1) is 0 Å². The number of carbonyl (C=O) groups is 1. The van der Waals surface area contributed by atoms with Gasteiger partial charge in [-0.1, -0.05) is 56.0 Å². The van der Waals surface area contributed by atoms with Crippen molar-refractivity contribution in [2.45, 2.75) is 51.7 Å². The Bertz CT molecular complexity index is 847. The zero-order valence-electron chi connectivity index (χ0n) is 17.5. The van der Waals surface area contributed by atoms with Gasteiger partial charge in [-0.25, -0.2) is 4.79 Å². The number of ether oxygens (including phenoxy) is 2. The molecule has 0 radical (unpaired) electrons. The van der Waals surface area contributed by atoms with E-state index in [9.17, 15) is 4.79 Å². The number of fused-ring (bicyclic) bond motifs is 1. The predicted octanol–water partition coefficient (Wildman–Crippen LogP) is 5.46. The number of hydrogen-bond acceptors (Lipinski definition) is 3. The fourth-order valence-electron chi connectivity index (χ4n) is 3.57. The maximum absolute atomic E-state index is 12.4. The summed E-state index contributed by atoms with van der Waals surface area (Å²) in [4.78, 5) is 12.4. The molecular formula is C23H31NO3Si. The minimum atomic E-state index is -1.14. The topological polar surface area (TPSA) is 40.5 Å². The molecule has 4 nitrogen and oxygen atoms in total. The maximum Gasteiger partial charge on any atom is 0.354 e. The highest BCUT2D eigenvalue weighted by Crippen LogP contribution is 2.35. The lowest BCUT2D eigenvalue weighted by Gasteiger charge is -2.20. The lowest BCUT2D eigenvalue weighted by molar-refractivity contribution is 0.0536. The Labute approximate surface area is 169 Å². The predicted molar refractivity (Wildman–Crippen MR) is 117 cm³/mol. The van der Waals surface area contributed by atoms with Gasteiger partial charge < -0.3 is 14.0 Å². The molecule has 0 unspecified atom stereocenters. The number of allylic oxidation sites excluding steroid dienone is 1. The van der Waals surface area contributed by atoms with Gasteiger partial charge in [0, 0.05) is 20.4 Å². The van der Waals surface area contributed by atoms with Crippen molar-refractivity contribution in [1.29, 1.82) is 0 Å². The van der Waals surface area contributed by atoms with Crippen molar-refractivity contribution in [2.75, 3.05) is 13.7 Å². The Kier molecular flexibility index (Phi) is 6.57. The molecule has 2 aromatic rings. The molecule has 1 heterocycles. The zero-order valence-corrected chi connectivity index (χ0v) is 18.5. The molecular weight excluding hydrogens is 366 g/mol. The SMILES string of the molecule is COC(=O)c1cc2c(n1COCC[Si](C)(C)C)CCC/C2=C/c1ccccc1. The summed E-state index contributed by atoms with van der Waals surface area (Å²) in [7, 11) is 0.297. The highest BCUT2D eigenvalue weighted by atomic mass is 28.3. The second kappa shape index (κ2) is 8.93. The molecule has 0 amide bonds. The average Bonchev–Trinajstić information content (AvgIpc) is 3.04. The number of carbonyl (C=O) groups excluding carboxylic acids is 1. The molecule has 28 heavy (non-hydrogen) atoms. The first kappa shape index (κ1) is 20.6. The molecule has 0 atom stereocenters. The monoisotopic (exact) mass is 397 g/mol. The summed E-state index contributed by atoms with van der Waals surface area (Å²) in [6, 6.07) is 13.4. The van der Waals surface area contributed by atoms with Crippen LogP contribution in [0.15, 0.2) is 36.4 Å². The second-order valence-corrected chi connectivity index (χ2v) is 14.2. The van der Waals surface area contributed by atoms with Crippen LogP contribution in [0.25, 0.3) is 11.6 Å². The summed E-state index contributed by atoms with van der Waals surface area (Å²) in [5.41, 5.74) is 5.38. The van der Waals surface area contributed by atoms with Gasteiger partial charge in [0.2, 0.25) is 0 Å². The van der Waals surface area contributed by atoms with Crippen molar-refractivity contribution in [1.82, 2.24) is 4.57 Å². The standard InChI is InChI=1S/C23H31NO3Si/c1-26-23(25)22-16-20-19(15-18-9-6-5-7-10-18)11-8-12-21(20)24(22)17-27-13-14-28(2,3)4/h5-7,9-10,15-16H,8,11-14,17H2,1-4H3/b19-15-. The first-order valence-corrected chi connectivity index (χ1v) is 13.7. The third kappa shape index (κ3) is 5.03. The van der Waals surface area contributed by atoms with Crippen molar-refractivity contribution in [2.24, 2.45) is 0 Å². The summed E-state index contributed by atoms with van der Waals surface area (Å²) < 4.78 is 13.0. The Morgan fingerprint density at radius 2 is 1.93 bits per heavy atom. The Morgan fingerprint density at radius 3 is 2.61 bits per heavy atom. The number of hydrogen-bond donors (Lipinski definition) is 0. The molecule has 3 rings (SSSR count). The normalized spacial score (nSPS) is 15.5. The molecule has 1 aromatic carbocycles. The molecule has 150 valence electrons. The van der Waals surface area contributed by atoms with E-state index in [2.05, 4.69) is 37.8 Å². The van der Waals surface area contributed by atoms with Crippen LogP contribution in [0.3, 0.4) is 0 Å². The lowest BCUT2D eigenvalue weighted by atomic mass is 9.91. The van der Waals surface area contributed by atoms with E-state index in [1.807, 2.05) is 28.8 Å². The zero-order chi connectivity index (χ0) is 20.1. The van der Waals surface area contributed by atoms with Gasteiger partial charge in [0.15, 0.2) is 0 Å². The molecule has 1 aromatic heterocycles. The first-order valence-electron chi connectivity index (χ1n) is 10.0. The molecule has 5 heteroatoms. The van der Waals surface area contributed by atoms with Crippen molar-refractivity contribution in [3.8, 4) is 0 Å². The van der Waals surface area contributed by atoms with Crippen LogP contribution in [0, 0.1) is 0 Å². The lowest BCUT2D eigenvalue weighted by Crippen LogP contribution is -2.23. The quantitative estimate of drug-likeness (QED) is 0.354. The largest absolute Gasteiger partial charge is 0.464 e. The molecule has 1 aliphatic carbocycles. The van der Waals surface area contributed by atoms with Gasteiger partial charge in [0.25, 0.3) is 0 Å². The maximum atomic E-state index is 12.4. The number of methoxy groups -OCH3 is 1. The number of esters is 1. The molecule has 0 saturated heterocycles. The second-order valence-electron chi connectivity index (χ2n) is 8.59. The van der Waals surface area contributed by atoms with E-state index >= 15 is 0 Å². The third-order valence-electron chi connectivity index (χ3n) is 5.17. The van der Waals surface area contributed by atoms with Crippen LogP contribution < -0.4 is 0 Å². The third-order valence-corrected chi connectivity index (χ3v) is 6.87. The van der Waals surface area contributed by atoms with E-state index in [-0.39, 0.29) is 5.97 Å². The van der Waals surface area contributed by atoms with E-state index in [4.69, 9.17) is 9.47 Å². The Morgan fingerprint density at radius 1 is 1.18 bits per heavy atom. The minimum Gasteiger partial charge on any atom is -0.464 e. The average molecular weight is 398 g/mol. The van der Waals surface area contributed by atoms with Crippen LogP contribution in [-0.4, -0.2) is 32.3 Å². The van der Waals surface area contributed by atoms with Crippen LogP contribution >= 0.6 is 0 Å². The highest BCUT2D eigenvalue weighted by molar-refractivity contribution is 6.76. The summed E-state index contributed by atoms with van der Waals surface area (Å²) in [6.07, 6.45) is 5.28. The van der Waals surface area contributed by atoms with E-state index in [0.717, 1.165) is 37.5 Å². The first-order chi connectivity index (χ1) is 13.4. The van der Waals surface area contributed by atoms with Crippen LogP contribution in [0.1, 0.15) is 40.2 Å². The van der Waals surface area contributed by atoms with Crippen molar-refractivity contribution in [3.63, 3.8) is 0 Å². The van der Waals surface area contributed by atoms with E-state index < -0.39 is 8.07 Å².